The second-order valence-corrected chi connectivity index (χ2v) is 8.19. The van der Waals surface area contributed by atoms with Gasteiger partial charge in [0.05, 0.1) is 11.0 Å². The second kappa shape index (κ2) is 8.14. The highest BCUT2D eigenvalue weighted by molar-refractivity contribution is 7.89. The smallest absolute Gasteiger partial charge is 0.243 e. The first kappa shape index (κ1) is 19.7. The number of hydrogen-bond donors (Lipinski definition) is 0. The second-order valence-electron chi connectivity index (χ2n) is 6.25. The number of rotatable bonds is 5. The maximum absolute atomic E-state index is 14.1. The fraction of sp³-hybridized carbons (Fsp3) is 0.588. The molecule has 1 amide bonds. The molecule has 25 heavy (non-hydrogen) atoms. The molecule has 0 bridgehead atoms. The molecular weight excluding hydrogens is 347 g/mol. The quantitative estimate of drug-likeness (QED) is 0.795. The summed E-state index contributed by atoms with van der Waals surface area (Å²) < 4.78 is 46.3. The van der Waals surface area contributed by atoms with Gasteiger partial charge in [0.1, 0.15) is 0 Å². The van der Waals surface area contributed by atoms with Crippen molar-refractivity contribution in [1.29, 1.82) is 0 Å². The lowest BCUT2D eigenvalue weighted by Crippen LogP contribution is -2.37. The summed E-state index contributed by atoms with van der Waals surface area (Å²) in [5.41, 5.74) is 0. The highest BCUT2D eigenvalue weighted by Crippen LogP contribution is 2.25. The zero-order valence-electron chi connectivity index (χ0n) is 14.9. The molecule has 2 rings (SSSR count). The van der Waals surface area contributed by atoms with Crippen molar-refractivity contribution >= 4 is 15.9 Å². The molecule has 0 aliphatic carbocycles. The Bertz CT molecular complexity index is 721. The maximum Gasteiger partial charge on any atom is 0.243 e. The number of amides is 1. The lowest BCUT2D eigenvalue weighted by molar-refractivity contribution is -0.130. The Kier molecular flexibility index (Phi) is 6.40. The van der Waals surface area contributed by atoms with E-state index < -0.39 is 15.8 Å². The third-order valence-electron chi connectivity index (χ3n) is 4.01. The molecule has 6 nitrogen and oxygen atoms in total. The largest absolute Gasteiger partial charge is 0.488 e. The van der Waals surface area contributed by atoms with Crippen molar-refractivity contribution in [2.24, 2.45) is 0 Å². The van der Waals surface area contributed by atoms with Gasteiger partial charge in [-0.2, -0.15) is 4.31 Å². The molecule has 1 aromatic rings. The first-order chi connectivity index (χ1) is 11.8. The monoisotopic (exact) mass is 372 g/mol. The fourth-order valence-corrected chi connectivity index (χ4v) is 4.23. The van der Waals surface area contributed by atoms with Crippen molar-refractivity contribution in [1.82, 2.24) is 9.21 Å². The number of carbonyl (C=O) groups excluding carboxylic acids is 1. The Balaban J connectivity index is 2.18. The summed E-state index contributed by atoms with van der Waals surface area (Å²) in [5, 5.41) is 0. The van der Waals surface area contributed by atoms with Gasteiger partial charge >= 0.3 is 0 Å². The normalized spacial score (nSPS) is 16.8. The Hall–Kier alpha value is -1.67. The molecular formula is C17H25FN2O4S. The minimum absolute atomic E-state index is 0.0143. The number of ether oxygens (including phenoxy) is 1. The van der Waals surface area contributed by atoms with Gasteiger partial charge in [-0.05, 0) is 38.5 Å². The average Bonchev–Trinajstić information content (AvgIpc) is 2.82. The van der Waals surface area contributed by atoms with Crippen LogP contribution in [0.4, 0.5) is 4.39 Å². The Morgan fingerprint density at radius 2 is 1.96 bits per heavy atom. The molecule has 140 valence electrons. The van der Waals surface area contributed by atoms with Gasteiger partial charge in [0.15, 0.2) is 11.6 Å². The van der Waals surface area contributed by atoms with Gasteiger partial charge in [-0.1, -0.05) is 6.92 Å². The molecule has 0 spiro atoms. The van der Waals surface area contributed by atoms with E-state index in [1.165, 1.54) is 16.4 Å². The number of carbonyl (C=O) groups is 1. The molecule has 0 saturated carbocycles. The first-order valence-electron chi connectivity index (χ1n) is 8.49. The van der Waals surface area contributed by atoms with E-state index in [0.29, 0.717) is 32.5 Å². The summed E-state index contributed by atoms with van der Waals surface area (Å²) in [6, 6.07) is 3.69. The van der Waals surface area contributed by atoms with Crippen LogP contribution in [0.1, 0.15) is 33.6 Å². The van der Waals surface area contributed by atoms with Gasteiger partial charge in [-0.15, -0.1) is 0 Å². The van der Waals surface area contributed by atoms with Crippen molar-refractivity contribution in [3.05, 3.63) is 24.0 Å². The number of hydrogen-bond acceptors (Lipinski definition) is 4. The zero-order valence-corrected chi connectivity index (χ0v) is 15.7. The summed E-state index contributed by atoms with van der Waals surface area (Å²) >= 11 is 0. The van der Waals surface area contributed by atoms with E-state index in [-0.39, 0.29) is 29.2 Å². The number of nitrogens with zero attached hydrogens (tertiary/aromatic N) is 2. The van der Waals surface area contributed by atoms with E-state index in [2.05, 4.69) is 0 Å². The van der Waals surface area contributed by atoms with Gasteiger partial charge in [0, 0.05) is 32.6 Å². The van der Waals surface area contributed by atoms with Crippen LogP contribution in [0.3, 0.4) is 0 Å². The van der Waals surface area contributed by atoms with Gasteiger partial charge in [0.2, 0.25) is 15.9 Å². The molecule has 1 aliphatic rings. The van der Waals surface area contributed by atoms with E-state index in [4.69, 9.17) is 4.74 Å². The molecule has 0 atom stereocenters. The minimum atomic E-state index is -3.81. The molecule has 8 heteroatoms. The van der Waals surface area contributed by atoms with Crippen LogP contribution in [0.15, 0.2) is 23.1 Å². The summed E-state index contributed by atoms with van der Waals surface area (Å²) in [7, 11) is -3.81. The summed E-state index contributed by atoms with van der Waals surface area (Å²) in [4.78, 5) is 13.4. The number of sulfonamides is 1. The molecule has 0 unspecified atom stereocenters. The minimum Gasteiger partial charge on any atom is -0.488 e. The van der Waals surface area contributed by atoms with Gasteiger partial charge < -0.3 is 9.64 Å². The molecule has 1 fully saturated rings. The van der Waals surface area contributed by atoms with E-state index in [1.54, 1.807) is 25.7 Å². The van der Waals surface area contributed by atoms with Crippen molar-refractivity contribution in [3.8, 4) is 5.75 Å². The zero-order chi connectivity index (χ0) is 18.6. The Morgan fingerprint density at radius 3 is 2.56 bits per heavy atom. The highest BCUT2D eigenvalue weighted by atomic mass is 32.2. The van der Waals surface area contributed by atoms with Crippen LogP contribution in [0.25, 0.3) is 0 Å². The van der Waals surface area contributed by atoms with Crippen LogP contribution in [-0.2, 0) is 14.8 Å². The molecule has 0 aromatic heterocycles. The van der Waals surface area contributed by atoms with Crippen molar-refractivity contribution in [3.63, 3.8) is 0 Å². The predicted molar refractivity (Wildman–Crippen MR) is 92.4 cm³/mol. The van der Waals surface area contributed by atoms with Crippen LogP contribution in [-0.4, -0.2) is 55.8 Å². The standard InChI is InChI=1S/C17H25FN2O4S/c1-4-17(21)19-8-5-9-20(11-10-19)25(22,23)14-6-7-16(15(18)12-14)24-13(2)3/h6-7,12-13H,4-5,8-11H2,1-3H3. The summed E-state index contributed by atoms with van der Waals surface area (Å²) in [6.07, 6.45) is 0.752. The van der Waals surface area contributed by atoms with Crippen molar-refractivity contribution in [2.75, 3.05) is 26.2 Å². The Labute approximate surface area is 148 Å². The van der Waals surface area contributed by atoms with Crippen LogP contribution < -0.4 is 4.74 Å². The van der Waals surface area contributed by atoms with Gasteiger partial charge in [-0.25, -0.2) is 12.8 Å². The molecule has 1 aliphatic heterocycles. The average molecular weight is 372 g/mol. The van der Waals surface area contributed by atoms with Gasteiger partial charge in [-0.3, -0.25) is 4.79 Å². The third-order valence-corrected chi connectivity index (χ3v) is 5.91. The molecule has 1 aromatic carbocycles. The lowest BCUT2D eigenvalue weighted by atomic mass is 10.3. The van der Waals surface area contributed by atoms with Crippen LogP contribution >= 0.6 is 0 Å². The van der Waals surface area contributed by atoms with E-state index in [0.717, 1.165) is 6.07 Å². The predicted octanol–water partition coefficient (Wildman–Crippen LogP) is 2.25. The van der Waals surface area contributed by atoms with Crippen LogP contribution in [0.2, 0.25) is 0 Å². The van der Waals surface area contributed by atoms with Crippen molar-refractivity contribution < 1.29 is 22.3 Å². The first-order valence-corrected chi connectivity index (χ1v) is 9.93. The highest BCUT2D eigenvalue weighted by Gasteiger charge is 2.28. The number of halogens is 1. The fourth-order valence-electron chi connectivity index (χ4n) is 2.75. The van der Waals surface area contributed by atoms with E-state index in [9.17, 15) is 17.6 Å². The molecule has 0 N–H and O–H groups in total. The molecule has 1 heterocycles. The molecule has 0 radical (unpaired) electrons. The molecule has 1 saturated heterocycles. The summed E-state index contributed by atoms with van der Waals surface area (Å²) in [5.74, 6) is -0.655. The van der Waals surface area contributed by atoms with Crippen molar-refractivity contribution in [2.45, 2.75) is 44.6 Å². The van der Waals surface area contributed by atoms with E-state index >= 15 is 0 Å². The lowest BCUT2D eigenvalue weighted by Gasteiger charge is -2.22. The van der Waals surface area contributed by atoms with Crippen LogP contribution in [0.5, 0.6) is 5.75 Å². The maximum atomic E-state index is 14.1. The number of benzene rings is 1. The Morgan fingerprint density at radius 1 is 1.24 bits per heavy atom. The van der Waals surface area contributed by atoms with E-state index in [1.807, 2.05) is 0 Å². The summed E-state index contributed by atoms with van der Waals surface area (Å²) in [6.45, 7) is 6.72. The van der Waals surface area contributed by atoms with Crippen LogP contribution in [0, 0.1) is 5.82 Å². The SMILES string of the molecule is CCC(=O)N1CCCN(S(=O)(=O)c2ccc(OC(C)C)c(F)c2)CC1. The topological polar surface area (TPSA) is 66.9 Å². The third kappa shape index (κ3) is 4.70. The van der Waals surface area contributed by atoms with Gasteiger partial charge in [0.25, 0.3) is 0 Å².